The van der Waals surface area contributed by atoms with Gasteiger partial charge in [-0.15, -0.1) is 0 Å². The average Bonchev–Trinajstić information content (AvgIpc) is 2.91. The van der Waals surface area contributed by atoms with Crippen molar-refractivity contribution < 1.29 is 17.2 Å². The third-order valence-electron chi connectivity index (χ3n) is 2.73. The highest BCUT2D eigenvalue weighted by Gasteiger charge is 2.22. The molecule has 0 atom stereocenters. The fourth-order valence-corrected chi connectivity index (χ4v) is 2.80. The largest absolute Gasteiger partial charge is 0.468 e. The predicted octanol–water partition coefficient (Wildman–Crippen LogP) is 2.11. The van der Waals surface area contributed by atoms with E-state index in [4.69, 9.17) is 9.68 Å². The second-order valence-electron chi connectivity index (χ2n) is 4.09. The van der Waals surface area contributed by atoms with Crippen LogP contribution in [-0.4, -0.2) is 19.8 Å². The SMILES string of the molecule is CN(Cc1ccco1)S(=O)(=O)c1ccc(F)c(C#N)c1. The summed E-state index contributed by atoms with van der Waals surface area (Å²) in [5, 5.41) is 8.74. The first-order valence-electron chi connectivity index (χ1n) is 5.63. The van der Waals surface area contributed by atoms with Gasteiger partial charge >= 0.3 is 0 Å². The van der Waals surface area contributed by atoms with Crippen LogP contribution >= 0.6 is 0 Å². The summed E-state index contributed by atoms with van der Waals surface area (Å²) in [5.74, 6) is -0.265. The second kappa shape index (κ2) is 5.45. The molecule has 0 fully saturated rings. The van der Waals surface area contributed by atoms with Gasteiger partial charge in [0.15, 0.2) is 0 Å². The molecule has 0 bridgehead atoms. The molecule has 0 unspecified atom stereocenters. The predicted molar refractivity (Wildman–Crippen MR) is 68.5 cm³/mol. The van der Waals surface area contributed by atoms with Crippen molar-refractivity contribution in [2.45, 2.75) is 11.4 Å². The molecule has 1 aromatic carbocycles. The van der Waals surface area contributed by atoms with Gasteiger partial charge in [-0.3, -0.25) is 0 Å². The van der Waals surface area contributed by atoms with Crippen molar-refractivity contribution in [3.63, 3.8) is 0 Å². The Hall–Kier alpha value is -2.17. The number of halogens is 1. The molecule has 2 aromatic rings. The summed E-state index contributed by atoms with van der Waals surface area (Å²) in [5.41, 5.74) is -0.308. The van der Waals surface area contributed by atoms with Crippen LogP contribution in [0.15, 0.2) is 45.9 Å². The quantitative estimate of drug-likeness (QED) is 0.865. The average molecular weight is 294 g/mol. The van der Waals surface area contributed by atoms with Gasteiger partial charge in [-0.25, -0.2) is 12.8 Å². The van der Waals surface area contributed by atoms with Crippen molar-refractivity contribution in [3.8, 4) is 6.07 Å². The Morgan fingerprint density at radius 2 is 2.15 bits per heavy atom. The third kappa shape index (κ3) is 2.71. The molecular formula is C13H11FN2O3S. The Bertz CT molecular complexity index is 748. The van der Waals surface area contributed by atoms with E-state index < -0.39 is 15.8 Å². The number of nitriles is 1. The van der Waals surface area contributed by atoms with Gasteiger partial charge < -0.3 is 4.42 Å². The molecule has 20 heavy (non-hydrogen) atoms. The minimum absolute atomic E-state index is 0.0502. The summed E-state index contributed by atoms with van der Waals surface area (Å²) in [6.07, 6.45) is 1.45. The first-order chi connectivity index (χ1) is 9.45. The summed E-state index contributed by atoms with van der Waals surface area (Å²) < 4.78 is 43.9. The van der Waals surface area contributed by atoms with E-state index in [2.05, 4.69) is 0 Å². The molecule has 104 valence electrons. The van der Waals surface area contributed by atoms with E-state index in [1.165, 1.54) is 13.3 Å². The molecule has 1 heterocycles. The maximum absolute atomic E-state index is 13.2. The summed E-state index contributed by atoms with van der Waals surface area (Å²) in [6.45, 7) is 0.0502. The molecule has 0 amide bonds. The first kappa shape index (κ1) is 14.2. The summed E-state index contributed by atoms with van der Waals surface area (Å²) in [6, 6.07) is 8.03. The van der Waals surface area contributed by atoms with Crippen LogP contribution in [0.5, 0.6) is 0 Å². The molecule has 7 heteroatoms. The second-order valence-corrected chi connectivity index (χ2v) is 6.14. The Morgan fingerprint density at radius 3 is 2.75 bits per heavy atom. The molecule has 5 nitrogen and oxygen atoms in total. The number of rotatable bonds is 4. The molecule has 0 spiro atoms. The zero-order valence-electron chi connectivity index (χ0n) is 10.6. The zero-order chi connectivity index (χ0) is 14.8. The number of hydrogen-bond donors (Lipinski definition) is 0. The van der Waals surface area contributed by atoms with Crippen LogP contribution in [0.1, 0.15) is 11.3 Å². The summed E-state index contributed by atoms with van der Waals surface area (Å²) in [4.78, 5) is -0.135. The molecule has 0 saturated heterocycles. The number of sulfonamides is 1. The lowest BCUT2D eigenvalue weighted by molar-refractivity contribution is 0.406. The number of hydrogen-bond acceptors (Lipinski definition) is 4. The van der Waals surface area contributed by atoms with E-state index in [0.29, 0.717) is 5.76 Å². The van der Waals surface area contributed by atoms with Crippen molar-refractivity contribution in [2.24, 2.45) is 0 Å². The van der Waals surface area contributed by atoms with Gasteiger partial charge in [0, 0.05) is 7.05 Å². The molecule has 2 rings (SSSR count). The van der Waals surface area contributed by atoms with E-state index in [9.17, 15) is 12.8 Å². The van der Waals surface area contributed by atoms with Crippen molar-refractivity contribution in [2.75, 3.05) is 7.05 Å². The lowest BCUT2D eigenvalue weighted by Crippen LogP contribution is -2.26. The molecule has 1 aromatic heterocycles. The fraction of sp³-hybridized carbons (Fsp3) is 0.154. The zero-order valence-corrected chi connectivity index (χ0v) is 11.4. The monoisotopic (exact) mass is 294 g/mol. The van der Waals surface area contributed by atoms with Gasteiger partial charge in [-0.05, 0) is 30.3 Å². The third-order valence-corrected chi connectivity index (χ3v) is 4.52. The van der Waals surface area contributed by atoms with Crippen LogP contribution in [-0.2, 0) is 16.6 Å². The van der Waals surface area contributed by atoms with Crippen LogP contribution in [0.4, 0.5) is 4.39 Å². The number of nitrogens with zero attached hydrogens (tertiary/aromatic N) is 2. The maximum atomic E-state index is 13.2. The van der Waals surface area contributed by atoms with Gasteiger partial charge in [-0.2, -0.15) is 9.57 Å². The van der Waals surface area contributed by atoms with Crippen molar-refractivity contribution in [3.05, 3.63) is 53.7 Å². The Labute approximate surface area is 115 Å². The highest BCUT2D eigenvalue weighted by molar-refractivity contribution is 7.89. The van der Waals surface area contributed by atoms with E-state index in [1.54, 1.807) is 18.2 Å². The van der Waals surface area contributed by atoms with E-state index in [-0.39, 0.29) is 17.0 Å². The van der Waals surface area contributed by atoms with E-state index in [0.717, 1.165) is 22.5 Å². The topological polar surface area (TPSA) is 74.3 Å². The van der Waals surface area contributed by atoms with E-state index in [1.807, 2.05) is 0 Å². The smallest absolute Gasteiger partial charge is 0.243 e. The van der Waals surface area contributed by atoms with Crippen LogP contribution in [0.3, 0.4) is 0 Å². The Morgan fingerprint density at radius 1 is 1.40 bits per heavy atom. The highest BCUT2D eigenvalue weighted by atomic mass is 32.2. The molecule has 0 aliphatic heterocycles. The highest BCUT2D eigenvalue weighted by Crippen LogP contribution is 2.19. The van der Waals surface area contributed by atoms with Crippen LogP contribution in [0.2, 0.25) is 0 Å². The van der Waals surface area contributed by atoms with E-state index >= 15 is 0 Å². The van der Waals surface area contributed by atoms with Gasteiger partial charge in [-0.1, -0.05) is 0 Å². The van der Waals surface area contributed by atoms with Crippen molar-refractivity contribution in [1.29, 1.82) is 5.26 Å². The molecule has 0 N–H and O–H groups in total. The first-order valence-corrected chi connectivity index (χ1v) is 7.07. The molecular weight excluding hydrogens is 283 g/mol. The van der Waals surface area contributed by atoms with Gasteiger partial charge in [0.2, 0.25) is 10.0 Å². The van der Waals surface area contributed by atoms with Crippen LogP contribution < -0.4 is 0 Å². The number of benzene rings is 1. The van der Waals surface area contributed by atoms with Crippen molar-refractivity contribution >= 4 is 10.0 Å². The van der Waals surface area contributed by atoms with Gasteiger partial charge in [0.1, 0.15) is 17.6 Å². The maximum Gasteiger partial charge on any atom is 0.243 e. The normalized spacial score (nSPS) is 11.5. The Balaban J connectivity index is 2.33. The van der Waals surface area contributed by atoms with Gasteiger partial charge in [0.05, 0.1) is 23.3 Å². The minimum atomic E-state index is -3.81. The summed E-state index contributed by atoms with van der Waals surface area (Å²) >= 11 is 0. The van der Waals surface area contributed by atoms with Crippen LogP contribution in [0.25, 0.3) is 0 Å². The fourth-order valence-electron chi connectivity index (χ4n) is 1.64. The summed E-state index contributed by atoms with van der Waals surface area (Å²) in [7, 11) is -2.43. The van der Waals surface area contributed by atoms with Crippen LogP contribution in [0, 0.1) is 17.1 Å². The molecule has 0 aliphatic carbocycles. The lowest BCUT2D eigenvalue weighted by Gasteiger charge is -2.16. The molecule has 0 radical (unpaired) electrons. The lowest BCUT2D eigenvalue weighted by atomic mass is 10.2. The molecule has 0 aliphatic rings. The Kier molecular flexibility index (Phi) is 3.88. The minimum Gasteiger partial charge on any atom is -0.468 e. The van der Waals surface area contributed by atoms with Gasteiger partial charge in [0.25, 0.3) is 0 Å². The standard InChI is InChI=1S/C13H11FN2O3S/c1-16(9-11-3-2-6-19-11)20(17,18)12-4-5-13(14)10(7-12)8-15/h2-7H,9H2,1H3. The number of furan rings is 1. The van der Waals surface area contributed by atoms with Crippen molar-refractivity contribution in [1.82, 2.24) is 4.31 Å². The molecule has 0 saturated carbocycles.